The molecule has 0 amide bonds. The van der Waals surface area contributed by atoms with E-state index in [1.165, 1.54) is 19.2 Å². The number of phenolic OH excluding ortho intramolecular Hbond substituents is 3. The third-order valence-electron chi connectivity index (χ3n) is 5.71. The van der Waals surface area contributed by atoms with Crippen LogP contribution in [0.25, 0.3) is 22.3 Å². The average molecular weight is 520 g/mol. The zero-order chi connectivity index (χ0) is 27.0. The molecule has 5 atom stereocenters. The van der Waals surface area contributed by atoms with E-state index < -0.39 is 66.0 Å². The maximum atomic E-state index is 12.7. The van der Waals surface area contributed by atoms with E-state index in [2.05, 4.69) is 0 Å². The summed E-state index contributed by atoms with van der Waals surface area (Å²) in [6.45, 7) is 0.717. The molecule has 6 N–H and O–H groups in total. The van der Waals surface area contributed by atoms with Crippen LogP contribution in [0.5, 0.6) is 28.7 Å². The molecule has 1 saturated heterocycles. The number of methoxy groups -OCH3 is 1. The molecule has 2 heterocycles. The first-order valence-electron chi connectivity index (χ1n) is 10.9. The first-order chi connectivity index (χ1) is 17.5. The molecule has 0 aliphatic carbocycles. The topological polar surface area (TPSA) is 206 Å². The minimum atomic E-state index is -1.73. The standard InChI is InChI=1S/C24H24O13/c1-9(25)34-8-18-21(30)22(31)23(32)24(37-18)35-11-5-12(26)19-13(27)7-15(36-16(19)6-11)10-3-14(28)20(29)17(4-10)33-2/h3-7,18,21-24,26,28-32H,8H2,1-2H3/t18-,21-,22+,23-,24-/m1/s1. The molecule has 1 aromatic heterocycles. The third-order valence-corrected chi connectivity index (χ3v) is 5.71. The number of phenols is 3. The highest BCUT2D eigenvalue weighted by Gasteiger charge is 2.45. The van der Waals surface area contributed by atoms with Gasteiger partial charge in [0.25, 0.3) is 0 Å². The molecular weight excluding hydrogens is 496 g/mol. The van der Waals surface area contributed by atoms with Gasteiger partial charge in [0.05, 0.1) is 7.11 Å². The predicted octanol–water partition coefficient (Wildman–Crippen LogP) is 0.335. The van der Waals surface area contributed by atoms with Crippen molar-refractivity contribution in [3.63, 3.8) is 0 Å². The number of fused-ring (bicyclic) bond motifs is 1. The van der Waals surface area contributed by atoms with E-state index in [9.17, 15) is 40.2 Å². The molecule has 0 spiro atoms. The van der Waals surface area contributed by atoms with Crippen molar-refractivity contribution in [2.45, 2.75) is 37.6 Å². The van der Waals surface area contributed by atoms with Gasteiger partial charge in [-0.1, -0.05) is 0 Å². The van der Waals surface area contributed by atoms with Crippen molar-refractivity contribution in [3.8, 4) is 40.1 Å². The van der Waals surface area contributed by atoms with Crippen molar-refractivity contribution < 1.29 is 58.8 Å². The minimum Gasteiger partial charge on any atom is -0.507 e. The predicted molar refractivity (Wildman–Crippen MR) is 123 cm³/mol. The molecule has 0 unspecified atom stereocenters. The van der Waals surface area contributed by atoms with Gasteiger partial charge in [0.15, 0.2) is 16.9 Å². The number of rotatable bonds is 6. The largest absolute Gasteiger partial charge is 0.507 e. The molecule has 0 saturated carbocycles. The van der Waals surface area contributed by atoms with E-state index in [0.29, 0.717) is 0 Å². The molecule has 1 fully saturated rings. The van der Waals surface area contributed by atoms with Gasteiger partial charge in [0.2, 0.25) is 12.0 Å². The van der Waals surface area contributed by atoms with Crippen LogP contribution in [0.3, 0.4) is 0 Å². The van der Waals surface area contributed by atoms with Crippen molar-refractivity contribution >= 4 is 16.9 Å². The normalized spacial score (nSPS) is 23.5. The lowest BCUT2D eigenvalue weighted by Crippen LogP contribution is -2.60. The summed E-state index contributed by atoms with van der Waals surface area (Å²) >= 11 is 0. The van der Waals surface area contributed by atoms with Gasteiger partial charge in [-0.05, 0) is 12.1 Å². The molecular formula is C24H24O13. The van der Waals surface area contributed by atoms with Crippen LogP contribution in [-0.2, 0) is 14.3 Å². The summed E-state index contributed by atoms with van der Waals surface area (Å²) < 4.78 is 26.6. The zero-order valence-corrected chi connectivity index (χ0v) is 19.5. The van der Waals surface area contributed by atoms with Gasteiger partial charge in [-0.2, -0.15) is 0 Å². The fourth-order valence-corrected chi connectivity index (χ4v) is 3.83. The lowest BCUT2D eigenvalue weighted by atomic mass is 9.99. The van der Waals surface area contributed by atoms with Crippen molar-refractivity contribution in [2.75, 3.05) is 13.7 Å². The maximum Gasteiger partial charge on any atom is 0.302 e. The Morgan fingerprint density at radius 3 is 2.38 bits per heavy atom. The molecule has 13 heteroatoms. The summed E-state index contributed by atoms with van der Waals surface area (Å²) in [6, 6.07) is 5.81. The number of aromatic hydroxyl groups is 3. The Hall–Kier alpha value is -4.04. The van der Waals surface area contributed by atoms with E-state index in [0.717, 1.165) is 25.1 Å². The molecule has 13 nitrogen and oxygen atoms in total. The number of benzene rings is 2. The summed E-state index contributed by atoms with van der Waals surface area (Å²) in [4.78, 5) is 23.8. The van der Waals surface area contributed by atoms with Gasteiger partial charge in [0, 0.05) is 30.7 Å². The summed E-state index contributed by atoms with van der Waals surface area (Å²) in [5.41, 5.74) is -0.611. The van der Waals surface area contributed by atoms with Crippen LogP contribution in [0, 0.1) is 0 Å². The van der Waals surface area contributed by atoms with Crippen LogP contribution in [0.15, 0.2) is 39.5 Å². The summed E-state index contributed by atoms with van der Waals surface area (Å²) in [5.74, 6) is -2.48. The lowest BCUT2D eigenvalue weighted by molar-refractivity contribution is -0.278. The van der Waals surface area contributed by atoms with Crippen LogP contribution < -0.4 is 14.9 Å². The smallest absolute Gasteiger partial charge is 0.302 e. The number of esters is 1. The minimum absolute atomic E-state index is 0.0448. The number of carbonyl (C=O) groups excluding carboxylic acids is 1. The first kappa shape index (κ1) is 26.0. The first-order valence-corrected chi connectivity index (χ1v) is 10.9. The number of hydrogen-bond donors (Lipinski definition) is 6. The summed E-state index contributed by atoms with van der Waals surface area (Å²) in [7, 11) is 1.27. The van der Waals surface area contributed by atoms with E-state index in [1.807, 2.05) is 0 Å². The number of aliphatic hydroxyl groups is 3. The van der Waals surface area contributed by atoms with Crippen LogP contribution in [-0.4, -0.2) is 81.0 Å². The third kappa shape index (κ3) is 5.11. The number of hydrogen-bond acceptors (Lipinski definition) is 13. The molecule has 2 aromatic carbocycles. The van der Waals surface area contributed by atoms with Crippen LogP contribution in [0.2, 0.25) is 0 Å². The molecule has 4 rings (SSSR count). The number of aliphatic hydroxyl groups excluding tert-OH is 3. The van der Waals surface area contributed by atoms with E-state index in [4.69, 9.17) is 23.4 Å². The molecule has 37 heavy (non-hydrogen) atoms. The highest BCUT2D eigenvalue weighted by Crippen LogP contribution is 2.40. The Labute approximate surface area is 208 Å². The molecule has 0 radical (unpaired) electrons. The van der Waals surface area contributed by atoms with Gasteiger partial charge in [-0.3, -0.25) is 9.59 Å². The average Bonchev–Trinajstić information content (AvgIpc) is 2.84. The number of ether oxygens (including phenoxy) is 4. The summed E-state index contributed by atoms with van der Waals surface area (Å²) in [6.07, 6.45) is -7.83. The zero-order valence-electron chi connectivity index (χ0n) is 19.5. The van der Waals surface area contributed by atoms with Crippen LogP contribution >= 0.6 is 0 Å². The second-order valence-corrected chi connectivity index (χ2v) is 8.27. The van der Waals surface area contributed by atoms with E-state index >= 15 is 0 Å². The van der Waals surface area contributed by atoms with E-state index in [-0.39, 0.29) is 33.8 Å². The Morgan fingerprint density at radius 2 is 1.70 bits per heavy atom. The molecule has 3 aromatic rings. The Bertz CT molecular complexity index is 1380. The number of carbonyl (C=O) groups is 1. The van der Waals surface area contributed by atoms with Crippen molar-refractivity contribution in [3.05, 3.63) is 40.6 Å². The SMILES string of the molecule is COc1cc(-c2cc(=O)c3c(O)cc(O[C@@H]4O[C@H](COC(C)=O)[C@@H](O)[C@H](O)[C@H]4O)cc3o2)cc(O)c1O. The Balaban J connectivity index is 1.69. The van der Waals surface area contributed by atoms with Gasteiger partial charge < -0.3 is 54.0 Å². The van der Waals surface area contributed by atoms with Crippen molar-refractivity contribution in [1.82, 2.24) is 0 Å². The second-order valence-electron chi connectivity index (χ2n) is 8.27. The quantitative estimate of drug-likeness (QED) is 0.192. The molecule has 0 bridgehead atoms. The highest BCUT2D eigenvalue weighted by molar-refractivity contribution is 5.86. The van der Waals surface area contributed by atoms with Gasteiger partial charge in [-0.15, -0.1) is 0 Å². The summed E-state index contributed by atoms with van der Waals surface area (Å²) in [5, 5.41) is 60.7. The van der Waals surface area contributed by atoms with Gasteiger partial charge >= 0.3 is 5.97 Å². The highest BCUT2D eigenvalue weighted by atomic mass is 16.7. The lowest BCUT2D eigenvalue weighted by Gasteiger charge is -2.39. The molecule has 198 valence electrons. The van der Waals surface area contributed by atoms with E-state index in [1.54, 1.807) is 0 Å². The second kappa shape index (κ2) is 10.1. The van der Waals surface area contributed by atoms with Crippen LogP contribution in [0.1, 0.15) is 6.92 Å². The van der Waals surface area contributed by atoms with Crippen LogP contribution in [0.4, 0.5) is 0 Å². The van der Waals surface area contributed by atoms with Crippen molar-refractivity contribution in [1.29, 1.82) is 0 Å². The monoisotopic (exact) mass is 520 g/mol. The molecule has 1 aliphatic rings. The maximum absolute atomic E-state index is 12.7. The fraction of sp³-hybridized carbons (Fsp3) is 0.333. The Kier molecular flexibility index (Phi) is 7.14. The fourth-order valence-electron chi connectivity index (χ4n) is 3.83. The van der Waals surface area contributed by atoms with Crippen molar-refractivity contribution in [2.24, 2.45) is 0 Å². The Morgan fingerprint density at radius 1 is 0.973 bits per heavy atom. The van der Waals surface area contributed by atoms with Gasteiger partial charge in [-0.25, -0.2) is 0 Å². The molecule has 1 aliphatic heterocycles. The van der Waals surface area contributed by atoms with Gasteiger partial charge in [0.1, 0.15) is 59.3 Å².